The van der Waals surface area contributed by atoms with Crippen LogP contribution in [0.2, 0.25) is 0 Å². The molecule has 0 aliphatic heterocycles. The van der Waals surface area contributed by atoms with E-state index in [1.807, 2.05) is 30.3 Å². The van der Waals surface area contributed by atoms with Gasteiger partial charge >= 0.3 is 0 Å². The molecular formula is C24H23FN2O3. The van der Waals surface area contributed by atoms with Crippen molar-refractivity contribution < 1.29 is 18.7 Å². The second-order valence-corrected chi connectivity index (χ2v) is 7.50. The van der Waals surface area contributed by atoms with E-state index in [9.17, 15) is 9.18 Å². The van der Waals surface area contributed by atoms with Gasteiger partial charge in [-0.3, -0.25) is 9.78 Å². The fourth-order valence-electron chi connectivity index (χ4n) is 3.66. The highest BCUT2D eigenvalue weighted by Crippen LogP contribution is 2.41. The van der Waals surface area contributed by atoms with E-state index in [2.05, 4.69) is 10.3 Å². The lowest BCUT2D eigenvalue weighted by Gasteiger charge is -2.19. The number of nitrogens with zero attached hydrogens (tertiary/aromatic N) is 1. The van der Waals surface area contributed by atoms with Crippen molar-refractivity contribution in [3.8, 4) is 22.6 Å². The molecule has 5 nitrogen and oxygen atoms in total. The number of benzene rings is 2. The van der Waals surface area contributed by atoms with Crippen molar-refractivity contribution in [3.63, 3.8) is 0 Å². The summed E-state index contributed by atoms with van der Waals surface area (Å²) in [6.45, 7) is 0. The third kappa shape index (κ3) is 4.13. The molecule has 1 heterocycles. The Balaban J connectivity index is 1.54. The van der Waals surface area contributed by atoms with Crippen molar-refractivity contribution in [1.82, 2.24) is 10.3 Å². The Kier molecular flexibility index (Phi) is 5.40. The van der Waals surface area contributed by atoms with Gasteiger partial charge in [-0.2, -0.15) is 0 Å². The highest BCUT2D eigenvalue weighted by Gasteiger charge is 2.44. The minimum absolute atomic E-state index is 0.250. The molecule has 1 amide bonds. The van der Waals surface area contributed by atoms with Gasteiger partial charge in [0.2, 0.25) is 0 Å². The highest BCUT2D eigenvalue weighted by atomic mass is 19.1. The number of nitrogens with one attached hydrogen (secondary N) is 1. The number of amides is 1. The zero-order valence-electron chi connectivity index (χ0n) is 16.9. The van der Waals surface area contributed by atoms with E-state index in [1.54, 1.807) is 32.5 Å². The number of aromatic nitrogens is 1. The number of pyridine rings is 1. The molecule has 1 fully saturated rings. The van der Waals surface area contributed by atoms with E-state index in [1.165, 1.54) is 12.1 Å². The molecule has 3 aromatic rings. The number of halogens is 1. The normalized spacial score (nSPS) is 14.1. The van der Waals surface area contributed by atoms with Crippen LogP contribution in [-0.2, 0) is 6.42 Å². The van der Waals surface area contributed by atoms with Crippen molar-refractivity contribution in [3.05, 3.63) is 77.9 Å². The van der Waals surface area contributed by atoms with E-state index < -0.39 is 5.54 Å². The van der Waals surface area contributed by atoms with Crippen LogP contribution in [0.1, 0.15) is 28.9 Å². The molecule has 0 bridgehead atoms. The second-order valence-electron chi connectivity index (χ2n) is 7.50. The minimum Gasteiger partial charge on any atom is -0.496 e. The predicted octanol–water partition coefficient (Wildman–Crippen LogP) is 4.41. The van der Waals surface area contributed by atoms with Gasteiger partial charge in [0, 0.05) is 17.3 Å². The van der Waals surface area contributed by atoms with E-state index in [0.29, 0.717) is 17.9 Å². The van der Waals surface area contributed by atoms with Gasteiger partial charge in [-0.05, 0) is 66.8 Å². The van der Waals surface area contributed by atoms with Gasteiger partial charge in [0.15, 0.2) is 0 Å². The first-order valence-electron chi connectivity index (χ1n) is 9.78. The van der Waals surface area contributed by atoms with Crippen LogP contribution in [0.15, 0.2) is 60.8 Å². The standard InChI is InChI=1S/C24H23FN2O3/c1-29-21-8-7-18(25)13-17(21)15-24(10-11-24)27-23(28)20-14-16(9-12-26-20)19-5-3-4-6-22(19)30-2/h3-9,12-14H,10-11,15H2,1-2H3,(H,27,28). The summed E-state index contributed by atoms with van der Waals surface area (Å²) in [5.41, 5.74) is 2.41. The molecule has 1 aromatic heterocycles. The molecule has 30 heavy (non-hydrogen) atoms. The Morgan fingerprint density at radius 3 is 2.57 bits per heavy atom. The summed E-state index contributed by atoms with van der Waals surface area (Å²) in [6, 6.07) is 15.7. The van der Waals surface area contributed by atoms with Crippen molar-refractivity contribution in [2.45, 2.75) is 24.8 Å². The smallest absolute Gasteiger partial charge is 0.270 e. The number of ether oxygens (including phenoxy) is 2. The lowest BCUT2D eigenvalue weighted by molar-refractivity contribution is 0.0926. The quantitative estimate of drug-likeness (QED) is 0.631. The average molecular weight is 406 g/mol. The van der Waals surface area contributed by atoms with Crippen LogP contribution in [-0.4, -0.2) is 30.6 Å². The maximum Gasteiger partial charge on any atom is 0.270 e. The molecule has 4 rings (SSSR count). The first-order valence-corrected chi connectivity index (χ1v) is 9.78. The van der Waals surface area contributed by atoms with E-state index in [4.69, 9.17) is 9.47 Å². The molecule has 0 unspecified atom stereocenters. The van der Waals surface area contributed by atoms with Gasteiger partial charge in [0.1, 0.15) is 23.0 Å². The first kappa shape index (κ1) is 19.9. The van der Waals surface area contributed by atoms with Crippen LogP contribution in [0.3, 0.4) is 0 Å². The number of carbonyl (C=O) groups excluding carboxylic acids is 1. The molecule has 1 N–H and O–H groups in total. The maximum atomic E-state index is 13.7. The van der Waals surface area contributed by atoms with Gasteiger partial charge in [-0.25, -0.2) is 4.39 Å². The lowest BCUT2D eigenvalue weighted by atomic mass is 10.0. The van der Waals surface area contributed by atoms with Crippen LogP contribution in [0.5, 0.6) is 11.5 Å². The van der Waals surface area contributed by atoms with Crippen LogP contribution in [0, 0.1) is 5.82 Å². The van der Waals surface area contributed by atoms with Crippen molar-refractivity contribution in [2.75, 3.05) is 14.2 Å². The number of hydrogen-bond donors (Lipinski definition) is 1. The Bertz CT molecular complexity index is 1080. The summed E-state index contributed by atoms with van der Waals surface area (Å²) in [5.74, 6) is 0.777. The molecular weight excluding hydrogens is 383 g/mol. The summed E-state index contributed by atoms with van der Waals surface area (Å²) in [6.07, 6.45) is 3.77. The van der Waals surface area contributed by atoms with Gasteiger partial charge in [0.05, 0.1) is 14.2 Å². The average Bonchev–Trinajstić information content (AvgIpc) is 3.52. The molecule has 1 aliphatic rings. The van der Waals surface area contributed by atoms with Crippen molar-refractivity contribution in [1.29, 1.82) is 0 Å². The van der Waals surface area contributed by atoms with Gasteiger partial charge < -0.3 is 14.8 Å². The van der Waals surface area contributed by atoms with Crippen molar-refractivity contribution in [2.24, 2.45) is 0 Å². The fourth-order valence-corrected chi connectivity index (χ4v) is 3.66. The summed E-state index contributed by atoms with van der Waals surface area (Å²) in [5, 5.41) is 3.10. The maximum absolute atomic E-state index is 13.7. The van der Waals surface area contributed by atoms with Crippen LogP contribution < -0.4 is 14.8 Å². The molecule has 1 aliphatic carbocycles. The third-order valence-corrected chi connectivity index (χ3v) is 5.41. The topological polar surface area (TPSA) is 60.5 Å². The van der Waals surface area contributed by atoms with Crippen LogP contribution in [0.25, 0.3) is 11.1 Å². The molecule has 6 heteroatoms. The predicted molar refractivity (Wildman–Crippen MR) is 112 cm³/mol. The Labute approximate surface area is 174 Å². The van der Waals surface area contributed by atoms with Crippen molar-refractivity contribution >= 4 is 5.91 Å². The van der Waals surface area contributed by atoms with Gasteiger partial charge in [-0.15, -0.1) is 0 Å². The monoisotopic (exact) mass is 406 g/mol. The Hall–Kier alpha value is -3.41. The van der Waals surface area contributed by atoms with Crippen LogP contribution in [0.4, 0.5) is 4.39 Å². The summed E-state index contributed by atoms with van der Waals surface area (Å²) in [7, 11) is 3.17. The molecule has 154 valence electrons. The Morgan fingerprint density at radius 2 is 1.83 bits per heavy atom. The highest BCUT2D eigenvalue weighted by molar-refractivity contribution is 5.94. The zero-order chi connectivity index (χ0) is 21.1. The SMILES string of the molecule is COc1ccc(F)cc1CC1(NC(=O)c2cc(-c3ccccc3OC)ccn2)CC1. The number of rotatable bonds is 7. The molecule has 0 spiro atoms. The number of hydrogen-bond acceptors (Lipinski definition) is 4. The molecule has 0 radical (unpaired) electrons. The zero-order valence-corrected chi connectivity index (χ0v) is 16.9. The fraction of sp³-hybridized carbons (Fsp3) is 0.250. The van der Waals surface area contributed by atoms with E-state index >= 15 is 0 Å². The minimum atomic E-state index is -0.403. The first-order chi connectivity index (χ1) is 14.5. The summed E-state index contributed by atoms with van der Waals surface area (Å²) < 4.78 is 24.5. The van der Waals surface area contributed by atoms with E-state index in [0.717, 1.165) is 35.3 Å². The third-order valence-electron chi connectivity index (χ3n) is 5.41. The summed E-state index contributed by atoms with van der Waals surface area (Å²) in [4.78, 5) is 17.2. The largest absolute Gasteiger partial charge is 0.496 e. The number of carbonyl (C=O) groups is 1. The summed E-state index contributed by atoms with van der Waals surface area (Å²) >= 11 is 0. The molecule has 2 aromatic carbocycles. The second kappa shape index (κ2) is 8.14. The van der Waals surface area contributed by atoms with Crippen LogP contribution >= 0.6 is 0 Å². The Morgan fingerprint density at radius 1 is 1.07 bits per heavy atom. The molecule has 0 atom stereocenters. The molecule has 0 saturated heterocycles. The van der Waals surface area contributed by atoms with Gasteiger partial charge in [-0.1, -0.05) is 18.2 Å². The number of para-hydroxylation sites is 1. The van der Waals surface area contributed by atoms with Gasteiger partial charge in [0.25, 0.3) is 5.91 Å². The number of methoxy groups -OCH3 is 2. The van der Waals surface area contributed by atoms with E-state index in [-0.39, 0.29) is 11.7 Å². The molecule has 1 saturated carbocycles. The lowest BCUT2D eigenvalue weighted by Crippen LogP contribution is -2.39.